The van der Waals surface area contributed by atoms with E-state index in [2.05, 4.69) is 10.1 Å². The normalized spacial score (nSPS) is 12.2. The van der Waals surface area contributed by atoms with Crippen molar-refractivity contribution in [1.82, 2.24) is 9.88 Å². The van der Waals surface area contributed by atoms with Gasteiger partial charge in [-0.1, -0.05) is 42.8 Å². The number of aliphatic carboxylic acids is 1. The third kappa shape index (κ3) is 7.50. The van der Waals surface area contributed by atoms with Gasteiger partial charge in [0.05, 0.1) is 12.1 Å². The summed E-state index contributed by atoms with van der Waals surface area (Å²) in [6, 6.07) is 17.6. The molecule has 220 valence electrons. The Balaban J connectivity index is 1.56. The van der Waals surface area contributed by atoms with E-state index in [0.29, 0.717) is 28.3 Å². The fourth-order valence-corrected chi connectivity index (χ4v) is 4.98. The molecule has 0 saturated carbocycles. The predicted octanol–water partition coefficient (Wildman–Crippen LogP) is 6.82. The number of rotatable bonds is 11. The quantitative estimate of drug-likeness (QED) is 0.184. The molecule has 0 radical (unpaired) electrons. The predicted molar refractivity (Wildman–Crippen MR) is 152 cm³/mol. The zero-order valence-electron chi connectivity index (χ0n) is 22.8. The molecule has 1 heterocycles. The van der Waals surface area contributed by atoms with Gasteiger partial charge in [-0.05, 0) is 72.5 Å². The van der Waals surface area contributed by atoms with Crippen LogP contribution in [0.5, 0.6) is 5.75 Å². The molecule has 0 fully saturated rings. The lowest BCUT2D eigenvalue weighted by Crippen LogP contribution is -2.26. The molecule has 0 aliphatic rings. The number of aromatic nitrogens is 1. The molecule has 0 aliphatic carbocycles. The van der Waals surface area contributed by atoms with Crippen LogP contribution in [0.25, 0.3) is 10.9 Å². The lowest BCUT2D eigenvalue weighted by Gasteiger charge is -2.16. The highest BCUT2D eigenvalue weighted by atomic mass is 35.5. The SMILES string of the molecule is Cc1c(C(=O)[C@H](C)Cc2ccc(C(=O)NCCC(=O)O)cc2)n(Cc2ccc(OC(F)(F)F)cc2)c2ccc(Cl)cc12. The van der Waals surface area contributed by atoms with E-state index in [4.69, 9.17) is 16.7 Å². The molecule has 0 saturated heterocycles. The Hall–Kier alpha value is -4.31. The molecule has 1 amide bonds. The first-order valence-corrected chi connectivity index (χ1v) is 13.5. The number of carboxylic acids is 1. The first-order chi connectivity index (χ1) is 19.8. The van der Waals surface area contributed by atoms with Gasteiger partial charge < -0.3 is 19.7 Å². The summed E-state index contributed by atoms with van der Waals surface area (Å²) < 4.78 is 43.6. The molecule has 1 aromatic heterocycles. The number of aryl methyl sites for hydroxylation is 1. The van der Waals surface area contributed by atoms with Crippen molar-refractivity contribution in [3.63, 3.8) is 0 Å². The van der Waals surface area contributed by atoms with Crippen LogP contribution >= 0.6 is 11.6 Å². The molecule has 42 heavy (non-hydrogen) atoms. The van der Waals surface area contributed by atoms with E-state index in [0.717, 1.165) is 22.0 Å². The van der Waals surface area contributed by atoms with E-state index < -0.39 is 18.2 Å². The minimum Gasteiger partial charge on any atom is -0.481 e. The second-order valence-electron chi connectivity index (χ2n) is 9.98. The number of nitrogens with one attached hydrogen (secondary N) is 1. The van der Waals surface area contributed by atoms with Crippen LogP contribution in [0.4, 0.5) is 13.2 Å². The molecule has 0 bridgehead atoms. The van der Waals surface area contributed by atoms with Crippen LogP contribution in [0.2, 0.25) is 5.02 Å². The molecule has 0 spiro atoms. The van der Waals surface area contributed by atoms with Crippen molar-refractivity contribution >= 4 is 40.2 Å². The van der Waals surface area contributed by atoms with Gasteiger partial charge in [-0.25, -0.2) is 0 Å². The second kappa shape index (κ2) is 12.7. The minimum absolute atomic E-state index is 0.0193. The van der Waals surface area contributed by atoms with Gasteiger partial charge in [-0.15, -0.1) is 13.2 Å². The molecule has 0 unspecified atom stereocenters. The summed E-state index contributed by atoms with van der Waals surface area (Å²) in [5, 5.41) is 12.6. The number of hydrogen-bond donors (Lipinski definition) is 2. The summed E-state index contributed by atoms with van der Waals surface area (Å²) in [5.41, 5.74) is 3.88. The van der Waals surface area contributed by atoms with E-state index >= 15 is 0 Å². The Morgan fingerprint density at radius 3 is 2.26 bits per heavy atom. The smallest absolute Gasteiger partial charge is 0.481 e. The number of ketones is 1. The molecule has 3 aromatic carbocycles. The van der Waals surface area contributed by atoms with Gasteiger partial charge in [0.25, 0.3) is 5.91 Å². The first kappa shape index (κ1) is 30.6. The number of halogens is 4. The van der Waals surface area contributed by atoms with Crippen LogP contribution in [0.3, 0.4) is 0 Å². The standard InChI is InChI=1S/C31H28ClF3N2O5/c1-18(15-20-3-7-22(8-4-20)30(41)36-14-13-27(38)39)29(40)28-19(2)25-16-23(32)9-12-26(25)37(28)17-21-5-10-24(11-6-21)42-31(33,34)35/h3-12,16,18H,13-15,17H2,1-2H3,(H,36,41)(H,38,39)/t18-/m1/s1. The van der Waals surface area contributed by atoms with E-state index in [9.17, 15) is 27.6 Å². The number of amides is 1. The van der Waals surface area contributed by atoms with Gasteiger partial charge in [-0.3, -0.25) is 14.4 Å². The Kier molecular flexibility index (Phi) is 9.26. The monoisotopic (exact) mass is 600 g/mol. The lowest BCUT2D eigenvalue weighted by atomic mass is 9.93. The Morgan fingerprint density at radius 1 is 1.00 bits per heavy atom. The van der Waals surface area contributed by atoms with Crippen LogP contribution in [-0.2, 0) is 17.8 Å². The number of carbonyl (C=O) groups is 3. The third-order valence-electron chi connectivity index (χ3n) is 6.84. The fraction of sp³-hybridized carbons (Fsp3) is 0.258. The molecule has 4 rings (SSSR count). The molecule has 0 aliphatic heterocycles. The van der Waals surface area contributed by atoms with Gasteiger partial charge in [0.2, 0.25) is 0 Å². The highest BCUT2D eigenvalue weighted by molar-refractivity contribution is 6.31. The van der Waals surface area contributed by atoms with Gasteiger partial charge in [0, 0.05) is 40.5 Å². The summed E-state index contributed by atoms with van der Waals surface area (Å²) in [6.45, 7) is 3.91. The number of alkyl halides is 3. The molecule has 1 atom stereocenters. The number of fused-ring (bicyclic) bond motifs is 1. The van der Waals surface area contributed by atoms with Crippen molar-refractivity contribution in [2.75, 3.05) is 6.54 Å². The number of Topliss-reactive ketones (excluding diaryl/α,β-unsaturated/α-hetero) is 1. The number of benzene rings is 3. The van der Waals surface area contributed by atoms with E-state index in [1.54, 1.807) is 36.4 Å². The summed E-state index contributed by atoms with van der Waals surface area (Å²) in [6.07, 6.45) is -4.58. The molecule has 11 heteroatoms. The molecular weight excluding hydrogens is 573 g/mol. The highest BCUT2D eigenvalue weighted by Crippen LogP contribution is 2.32. The van der Waals surface area contributed by atoms with Crippen LogP contribution in [0.1, 0.15) is 50.9 Å². The molecule has 4 aromatic rings. The molecule has 2 N–H and O–H groups in total. The van der Waals surface area contributed by atoms with Gasteiger partial charge in [0.1, 0.15) is 5.75 Å². The van der Waals surface area contributed by atoms with E-state index in [1.807, 2.05) is 24.5 Å². The zero-order valence-corrected chi connectivity index (χ0v) is 23.6. The van der Waals surface area contributed by atoms with Crippen LogP contribution < -0.4 is 10.1 Å². The molecular formula is C31H28ClF3N2O5. The Bertz CT molecular complexity index is 1610. The maximum Gasteiger partial charge on any atom is 0.573 e. The average molecular weight is 601 g/mol. The van der Waals surface area contributed by atoms with Crippen molar-refractivity contribution in [2.24, 2.45) is 5.92 Å². The highest BCUT2D eigenvalue weighted by Gasteiger charge is 2.31. The van der Waals surface area contributed by atoms with Crippen LogP contribution in [0, 0.1) is 12.8 Å². The fourth-order valence-electron chi connectivity index (χ4n) is 4.81. The zero-order chi connectivity index (χ0) is 30.6. The largest absolute Gasteiger partial charge is 0.573 e. The van der Waals surface area contributed by atoms with Gasteiger partial charge in [0.15, 0.2) is 5.78 Å². The van der Waals surface area contributed by atoms with E-state index in [-0.39, 0.29) is 37.0 Å². The third-order valence-corrected chi connectivity index (χ3v) is 7.07. The summed E-state index contributed by atoms with van der Waals surface area (Å²) >= 11 is 6.25. The van der Waals surface area contributed by atoms with Crippen molar-refractivity contribution in [3.8, 4) is 5.75 Å². The Morgan fingerprint density at radius 2 is 1.64 bits per heavy atom. The summed E-state index contributed by atoms with van der Waals surface area (Å²) in [5.74, 6) is -2.29. The maximum atomic E-state index is 13.9. The van der Waals surface area contributed by atoms with Crippen LogP contribution in [0.15, 0.2) is 66.7 Å². The maximum absolute atomic E-state index is 13.9. The first-order valence-electron chi connectivity index (χ1n) is 13.1. The summed E-state index contributed by atoms with van der Waals surface area (Å²) in [4.78, 5) is 36.8. The van der Waals surface area contributed by atoms with Crippen molar-refractivity contribution in [3.05, 3.63) is 99.7 Å². The van der Waals surface area contributed by atoms with Crippen LogP contribution in [-0.4, -0.2) is 40.2 Å². The van der Waals surface area contributed by atoms with Crippen molar-refractivity contribution in [1.29, 1.82) is 0 Å². The van der Waals surface area contributed by atoms with E-state index in [1.165, 1.54) is 24.3 Å². The van der Waals surface area contributed by atoms with Crippen molar-refractivity contribution in [2.45, 2.75) is 39.6 Å². The number of carbonyl (C=O) groups excluding carboxylic acids is 2. The van der Waals surface area contributed by atoms with Crippen molar-refractivity contribution < 1.29 is 37.4 Å². The Labute approximate surface area is 244 Å². The molecule has 7 nitrogen and oxygen atoms in total. The number of hydrogen-bond acceptors (Lipinski definition) is 4. The second-order valence-corrected chi connectivity index (χ2v) is 10.4. The number of ether oxygens (including phenoxy) is 1. The van der Waals surface area contributed by atoms with Gasteiger partial charge >= 0.3 is 12.3 Å². The minimum atomic E-state index is -4.79. The average Bonchev–Trinajstić information content (AvgIpc) is 3.18. The topological polar surface area (TPSA) is 97.6 Å². The number of nitrogens with zero attached hydrogens (tertiary/aromatic N) is 1. The van der Waals surface area contributed by atoms with Gasteiger partial charge in [-0.2, -0.15) is 0 Å². The lowest BCUT2D eigenvalue weighted by molar-refractivity contribution is -0.274. The summed E-state index contributed by atoms with van der Waals surface area (Å²) in [7, 11) is 0. The number of carboxylic acid groups (broad SMARTS) is 1.